The summed E-state index contributed by atoms with van der Waals surface area (Å²) in [6, 6.07) is 4.16. The van der Waals surface area contributed by atoms with Gasteiger partial charge in [0.2, 0.25) is 5.89 Å². The fourth-order valence-electron chi connectivity index (χ4n) is 2.53. The standard InChI is InChI=1S/C14H19N3OS/c1-3-11(10-15-7-1)5-6-14-16-13(17-18-14)9-12-4-2-8-19-12/h2,4,8,11,15H,1,3,5-7,9-10H2. The summed E-state index contributed by atoms with van der Waals surface area (Å²) >= 11 is 1.73. The number of aromatic nitrogens is 2. The maximum atomic E-state index is 5.33. The zero-order chi connectivity index (χ0) is 12.9. The molecule has 1 fully saturated rings. The van der Waals surface area contributed by atoms with Crippen LogP contribution in [-0.2, 0) is 12.8 Å². The number of rotatable bonds is 5. The van der Waals surface area contributed by atoms with Crippen LogP contribution < -0.4 is 5.32 Å². The molecule has 0 aromatic carbocycles. The Labute approximate surface area is 117 Å². The van der Waals surface area contributed by atoms with Gasteiger partial charge in [0.25, 0.3) is 0 Å². The third-order valence-electron chi connectivity index (χ3n) is 3.59. The van der Waals surface area contributed by atoms with E-state index in [1.807, 2.05) is 0 Å². The Morgan fingerprint density at radius 2 is 2.47 bits per heavy atom. The molecule has 3 heterocycles. The average molecular weight is 277 g/mol. The van der Waals surface area contributed by atoms with E-state index in [1.54, 1.807) is 11.3 Å². The van der Waals surface area contributed by atoms with Crippen molar-refractivity contribution in [1.82, 2.24) is 15.5 Å². The summed E-state index contributed by atoms with van der Waals surface area (Å²) in [6.07, 6.45) is 5.45. The Balaban J connectivity index is 1.50. The minimum absolute atomic E-state index is 0.765. The Morgan fingerprint density at radius 1 is 1.47 bits per heavy atom. The van der Waals surface area contributed by atoms with Crippen LogP contribution >= 0.6 is 11.3 Å². The Morgan fingerprint density at radius 3 is 3.26 bits per heavy atom. The molecular formula is C14H19N3OS. The van der Waals surface area contributed by atoms with Crippen molar-refractivity contribution in [3.8, 4) is 0 Å². The van der Waals surface area contributed by atoms with Gasteiger partial charge in [-0.05, 0) is 49.7 Å². The first kappa shape index (κ1) is 12.8. The van der Waals surface area contributed by atoms with Crippen molar-refractivity contribution in [2.45, 2.75) is 32.1 Å². The van der Waals surface area contributed by atoms with Crippen molar-refractivity contribution in [3.63, 3.8) is 0 Å². The van der Waals surface area contributed by atoms with E-state index in [-0.39, 0.29) is 0 Å². The summed E-state index contributed by atoms with van der Waals surface area (Å²) in [5.41, 5.74) is 0. The highest BCUT2D eigenvalue weighted by Gasteiger charge is 2.15. The van der Waals surface area contributed by atoms with Crippen LogP contribution in [0.15, 0.2) is 22.0 Å². The maximum absolute atomic E-state index is 5.33. The first-order chi connectivity index (χ1) is 9.40. The van der Waals surface area contributed by atoms with Gasteiger partial charge in [-0.2, -0.15) is 4.98 Å². The molecule has 1 aliphatic heterocycles. The van der Waals surface area contributed by atoms with Gasteiger partial charge >= 0.3 is 0 Å². The molecular weight excluding hydrogens is 258 g/mol. The Kier molecular flexibility index (Phi) is 4.25. The summed E-state index contributed by atoms with van der Waals surface area (Å²) in [5.74, 6) is 2.36. The van der Waals surface area contributed by atoms with Gasteiger partial charge in [-0.1, -0.05) is 11.2 Å². The fraction of sp³-hybridized carbons (Fsp3) is 0.571. The fourth-order valence-corrected chi connectivity index (χ4v) is 3.23. The van der Waals surface area contributed by atoms with E-state index in [0.29, 0.717) is 0 Å². The van der Waals surface area contributed by atoms with Gasteiger partial charge in [-0.15, -0.1) is 11.3 Å². The van der Waals surface area contributed by atoms with Crippen molar-refractivity contribution in [3.05, 3.63) is 34.1 Å². The molecule has 1 saturated heterocycles. The molecule has 0 bridgehead atoms. The van der Waals surface area contributed by atoms with Crippen LogP contribution in [0.1, 0.15) is 35.9 Å². The van der Waals surface area contributed by atoms with Gasteiger partial charge in [-0.25, -0.2) is 0 Å². The molecule has 0 saturated carbocycles. The summed E-state index contributed by atoms with van der Waals surface area (Å²) in [7, 11) is 0. The first-order valence-corrected chi connectivity index (χ1v) is 7.82. The number of aryl methyl sites for hydroxylation is 1. The van der Waals surface area contributed by atoms with Gasteiger partial charge in [0.05, 0.1) is 0 Å². The number of nitrogens with one attached hydrogen (secondary N) is 1. The van der Waals surface area contributed by atoms with E-state index in [1.165, 1.54) is 24.3 Å². The maximum Gasteiger partial charge on any atom is 0.226 e. The Bertz CT molecular complexity index is 489. The predicted octanol–water partition coefficient (Wildman–Crippen LogP) is 2.65. The van der Waals surface area contributed by atoms with E-state index >= 15 is 0 Å². The lowest BCUT2D eigenvalue weighted by molar-refractivity contribution is 0.326. The van der Waals surface area contributed by atoms with Crippen molar-refractivity contribution < 1.29 is 4.52 Å². The molecule has 3 rings (SSSR count). The molecule has 4 nitrogen and oxygen atoms in total. The highest BCUT2D eigenvalue weighted by molar-refractivity contribution is 7.09. The molecule has 0 amide bonds. The summed E-state index contributed by atoms with van der Waals surface area (Å²) in [5, 5.41) is 9.58. The number of hydrogen-bond donors (Lipinski definition) is 1. The number of piperidine rings is 1. The van der Waals surface area contributed by atoms with Crippen LogP contribution in [0.25, 0.3) is 0 Å². The van der Waals surface area contributed by atoms with E-state index < -0.39 is 0 Å². The van der Waals surface area contributed by atoms with Crippen LogP contribution in [0.3, 0.4) is 0 Å². The van der Waals surface area contributed by atoms with Crippen molar-refractivity contribution in [1.29, 1.82) is 0 Å². The zero-order valence-corrected chi connectivity index (χ0v) is 11.8. The lowest BCUT2D eigenvalue weighted by atomic mass is 9.95. The van der Waals surface area contributed by atoms with Gasteiger partial charge in [0, 0.05) is 17.7 Å². The summed E-state index contributed by atoms with van der Waals surface area (Å²) < 4.78 is 5.33. The second-order valence-electron chi connectivity index (χ2n) is 5.11. The molecule has 1 aliphatic rings. The monoisotopic (exact) mass is 277 g/mol. The van der Waals surface area contributed by atoms with Crippen molar-refractivity contribution in [2.24, 2.45) is 5.92 Å². The van der Waals surface area contributed by atoms with Crippen molar-refractivity contribution >= 4 is 11.3 Å². The smallest absolute Gasteiger partial charge is 0.226 e. The molecule has 102 valence electrons. The van der Waals surface area contributed by atoms with Crippen molar-refractivity contribution in [2.75, 3.05) is 13.1 Å². The van der Waals surface area contributed by atoms with Gasteiger partial charge in [-0.3, -0.25) is 0 Å². The lowest BCUT2D eigenvalue weighted by Crippen LogP contribution is -2.29. The molecule has 1 unspecified atom stereocenters. The van der Waals surface area contributed by atoms with Gasteiger partial charge < -0.3 is 9.84 Å². The van der Waals surface area contributed by atoms with E-state index in [4.69, 9.17) is 4.52 Å². The number of nitrogens with zero attached hydrogens (tertiary/aromatic N) is 2. The summed E-state index contributed by atoms with van der Waals surface area (Å²) in [6.45, 7) is 2.30. The second kappa shape index (κ2) is 6.30. The number of hydrogen-bond acceptors (Lipinski definition) is 5. The average Bonchev–Trinajstić information content (AvgIpc) is 3.10. The summed E-state index contributed by atoms with van der Waals surface area (Å²) in [4.78, 5) is 5.76. The van der Waals surface area contributed by atoms with Crippen LogP contribution in [0.5, 0.6) is 0 Å². The minimum Gasteiger partial charge on any atom is -0.339 e. The molecule has 2 aromatic rings. The topological polar surface area (TPSA) is 51.0 Å². The van der Waals surface area contributed by atoms with Gasteiger partial charge in [0.15, 0.2) is 5.82 Å². The molecule has 5 heteroatoms. The normalized spacial score (nSPS) is 19.7. The molecule has 0 spiro atoms. The molecule has 0 radical (unpaired) electrons. The largest absolute Gasteiger partial charge is 0.339 e. The van der Waals surface area contributed by atoms with Crippen LogP contribution in [-0.4, -0.2) is 23.2 Å². The highest BCUT2D eigenvalue weighted by atomic mass is 32.1. The predicted molar refractivity (Wildman–Crippen MR) is 75.3 cm³/mol. The molecule has 0 aliphatic carbocycles. The van der Waals surface area contributed by atoms with Crippen LogP contribution in [0.2, 0.25) is 0 Å². The van der Waals surface area contributed by atoms with Crippen LogP contribution in [0.4, 0.5) is 0 Å². The number of thiophene rings is 1. The third kappa shape index (κ3) is 3.64. The van der Waals surface area contributed by atoms with Crippen LogP contribution in [0, 0.1) is 5.92 Å². The lowest BCUT2D eigenvalue weighted by Gasteiger charge is -2.21. The SMILES string of the molecule is c1csc(Cc2noc(CCC3CCCNC3)n2)c1. The minimum atomic E-state index is 0.765. The van der Waals surface area contributed by atoms with E-state index in [0.717, 1.165) is 43.4 Å². The van der Waals surface area contributed by atoms with E-state index in [2.05, 4.69) is 33.0 Å². The molecule has 19 heavy (non-hydrogen) atoms. The first-order valence-electron chi connectivity index (χ1n) is 6.95. The zero-order valence-electron chi connectivity index (χ0n) is 11.0. The molecule has 1 N–H and O–H groups in total. The molecule has 2 aromatic heterocycles. The van der Waals surface area contributed by atoms with E-state index in [9.17, 15) is 0 Å². The Hall–Kier alpha value is -1.20. The highest BCUT2D eigenvalue weighted by Crippen LogP contribution is 2.17. The molecule has 1 atom stereocenters. The van der Waals surface area contributed by atoms with Gasteiger partial charge in [0.1, 0.15) is 0 Å². The second-order valence-corrected chi connectivity index (χ2v) is 6.14. The third-order valence-corrected chi connectivity index (χ3v) is 4.46. The quantitative estimate of drug-likeness (QED) is 0.913.